The lowest BCUT2D eigenvalue weighted by molar-refractivity contribution is 0.300. The number of hydrogen-bond donors (Lipinski definition) is 1. The van der Waals surface area contributed by atoms with Crippen LogP contribution in [0.5, 0.6) is 5.75 Å². The summed E-state index contributed by atoms with van der Waals surface area (Å²) < 4.78 is 18.9. The average molecular weight is 267 g/mol. The van der Waals surface area contributed by atoms with Crippen LogP contribution >= 0.6 is 11.6 Å². The van der Waals surface area contributed by atoms with E-state index in [1.165, 1.54) is 18.2 Å². The van der Waals surface area contributed by atoms with E-state index in [0.717, 1.165) is 5.69 Å². The minimum atomic E-state index is -0.363. The van der Waals surface area contributed by atoms with Gasteiger partial charge >= 0.3 is 0 Å². The number of nitrogen functional groups attached to an aromatic ring is 1. The van der Waals surface area contributed by atoms with Crippen molar-refractivity contribution in [3.8, 4) is 5.75 Å². The smallest absolute Gasteiger partial charge is 0.166 e. The number of rotatable bonds is 3. The van der Waals surface area contributed by atoms with Crippen LogP contribution in [0.4, 0.5) is 10.2 Å². The van der Waals surface area contributed by atoms with E-state index in [9.17, 15) is 4.39 Å². The molecule has 0 radical (unpaired) electrons. The summed E-state index contributed by atoms with van der Waals surface area (Å²) >= 11 is 5.79. The Labute approximate surface area is 109 Å². The number of hydrogen-bond acceptors (Lipinski definition) is 3. The molecule has 0 spiro atoms. The Balaban J connectivity index is 2.13. The number of pyridine rings is 1. The van der Waals surface area contributed by atoms with Crippen LogP contribution in [0, 0.1) is 12.7 Å². The van der Waals surface area contributed by atoms with E-state index in [1.54, 1.807) is 12.1 Å². The van der Waals surface area contributed by atoms with Crippen molar-refractivity contribution in [3.63, 3.8) is 0 Å². The van der Waals surface area contributed by atoms with Crippen LogP contribution in [0.2, 0.25) is 5.02 Å². The summed E-state index contributed by atoms with van der Waals surface area (Å²) in [5, 5.41) is 0.463. The van der Waals surface area contributed by atoms with Gasteiger partial charge in [-0.3, -0.25) is 0 Å². The molecule has 18 heavy (non-hydrogen) atoms. The summed E-state index contributed by atoms with van der Waals surface area (Å²) in [7, 11) is 0. The highest BCUT2D eigenvalue weighted by Crippen LogP contribution is 2.22. The summed E-state index contributed by atoms with van der Waals surface area (Å²) in [5.74, 6) is 0.357. The molecule has 2 aromatic rings. The van der Waals surface area contributed by atoms with Gasteiger partial charge in [0.15, 0.2) is 11.6 Å². The highest BCUT2D eigenvalue weighted by Gasteiger charge is 2.06. The molecule has 2 rings (SSSR count). The second kappa shape index (κ2) is 5.23. The fourth-order valence-electron chi connectivity index (χ4n) is 1.50. The van der Waals surface area contributed by atoms with Crippen molar-refractivity contribution < 1.29 is 9.13 Å². The highest BCUT2D eigenvalue weighted by atomic mass is 35.5. The lowest BCUT2D eigenvalue weighted by atomic mass is 10.2. The molecule has 0 aliphatic rings. The number of nitrogens with zero attached hydrogens (tertiary/aromatic N) is 1. The van der Waals surface area contributed by atoms with Gasteiger partial charge in [0.1, 0.15) is 12.4 Å². The van der Waals surface area contributed by atoms with E-state index < -0.39 is 0 Å². The number of aryl methyl sites for hydroxylation is 1. The predicted molar refractivity (Wildman–Crippen MR) is 69.1 cm³/mol. The molecule has 0 saturated carbocycles. The van der Waals surface area contributed by atoms with Crippen LogP contribution in [0.25, 0.3) is 0 Å². The molecule has 5 heteroatoms. The van der Waals surface area contributed by atoms with Gasteiger partial charge in [0, 0.05) is 16.3 Å². The molecule has 0 aliphatic heterocycles. The van der Waals surface area contributed by atoms with E-state index in [4.69, 9.17) is 22.1 Å². The van der Waals surface area contributed by atoms with E-state index in [-0.39, 0.29) is 18.2 Å². The first kappa shape index (κ1) is 12.6. The molecule has 0 amide bonds. The third-order valence-electron chi connectivity index (χ3n) is 2.42. The van der Waals surface area contributed by atoms with Crippen molar-refractivity contribution in [3.05, 3.63) is 52.4 Å². The molecule has 1 aromatic carbocycles. The fraction of sp³-hybridized carbons (Fsp3) is 0.154. The summed E-state index contributed by atoms with van der Waals surface area (Å²) in [6.45, 7) is 1.89. The zero-order valence-corrected chi connectivity index (χ0v) is 10.5. The zero-order valence-electron chi connectivity index (χ0n) is 9.78. The van der Waals surface area contributed by atoms with Crippen molar-refractivity contribution in [1.29, 1.82) is 0 Å². The second-order valence-electron chi connectivity index (χ2n) is 3.86. The molecule has 1 heterocycles. The SMILES string of the molecule is Cc1ccc(OCc2cc(Cl)ccc2F)c(N)n1. The molecular weight excluding hydrogens is 255 g/mol. The fourth-order valence-corrected chi connectivity index (χ4v) is 1.69. The molecule has 0 saturated heterocycles. The first-order chi connectivity index (χ1) is 8.56. The average Bonchev–Trinajstić information content (AvgIpc) is 2.32. The van der Waals surface area contributed by atoms with Crippen LogP contribution < -0.4 is 10.5 Å². The molecule has 0 atom stereocenters. The quantitative estimate of drug-likeness (QED) is 0.927. The van der Waals surface area contributed by atoms with Gasteiger partial charge in [-0.1, -0.05) is 11.6 Å². The number of aromatic nitrogens is 1. The van der Waals surface area contributed by atoms with Gasteiger partial charge in [0.05, 0.1) is 0 Å². The lowest BCUT2D eigenvalue weighted by Crippen LogP contribution is -2.02. The van der Waals surface area contributed by atoms with Gasteiger partial charge in [-0.05, 0) is 37.3 Å². The lowest BCUT2D eigenvalue weighted by Gasteiger charge is -2.09. The Morgan fingerprint density at radius 2 is 2.11 bits per heavy atom. The van der Waals surface area contributed by atoms with Crippen molar-refractivity contribution in [1.82, 2.24) is 4.98 Å². The van der Waals surface area contributed by atoms with Crippen LogP contribution in [0.15, 0.2) is 30.3 Å². The monoisotopic (exact) mass is 266 g/mol. The Hall–Kier alpha value is -1.81. The first-order valence-corrected chi connectivity index (χ1v) is 5.74. The largest absolute Gasteiger partial charge is 0.485 e. The van der Waals surface area contributed by atoms with Crippen LogP contribution in [-0.4, -0.2) is 4.98 Å². The minimum absolute atomic E-state index is 0.0569. The van der Waals surface area contributed by atoms with E-state index in [0.29, 0.717) is 16.3 Å². The van der Waals surface area contributed by atoms with Crippen LogP contribution in [0.1, 0.15) is 11.3 Å². The van der Waals surface area contributed by atoms with Crippen LogP contribution in [-0.2, 0) is 6.61 Å². The summed E-state index contributed by atoms with van der Waals surface area (Å²) in [6.07, 6.45) is 0. The maximum absolute atomic E-state index is 13.5. The van der Waals surface area contributed by atoms with Gasteiger partial charge < -0.3 is 10.5 Å². The third-order valence-corrected chi connectivity index (χ3v) is 2.65. The number of benzene rings is 1. The molecule has 0 bridgehead atoms. The number of nitrogens with two attached hydrogens (primary N) is 1. The van der Waals surface area contributed by atoms with Crippen molar-refractivity contribution >= 4 is 17.4 Å². The number of anilines is 1. The normalized spacial score (nSPS) is 10.4. The number of halogens is 2. The third kappa shape index (κ3) is 2.90. The minimum Gasteiger partial charge on any atom is -0.485 e. The Kier molecular flexibility index (Phi) is 3.67. The molecular formula is C13H12ClFN2O. The number of ether oxygens (including phenoxy) is 1. The Bertz CT molecular complexity index is 575. The second-order valence-corrected chi connectivity index (χ2v) is 4.30. The molecule has 0 unspecified atom stereocenters. The summed E-state index contributed by atoms with van der Waals surface area (Å²) in [6, 6.07) is 7.80. The Morgan fingerprint density at radius 1 is 1.33 bits per heavy atom. The molecule has 3 nitrogen and oxygen atoms in total. The van der Waals surface area contributed by atoms with Crippen molar-refractivity contribution in [2.75, 3.05) is 5.73 Å². The molecule has 1 aromatic heterocycles. The van der Waals surface area contributed by atoms with Gasteiger partial charge in [-0.15, -0.1) is 0 Å². The van der Waals surface area contributed by atoms with E-state index in [1.807, 2.05) is 6.92 Å². The van der Waals surface area contributed by atoms with Gasteiger partial charge in [0.2, 0.25) is 0 Å². The van der Waals surface area contributed by atoms with Gasteiger partial charge in [0.25, 0.3) is 0 Å². The van der Waals surface area contributed by atoms with Crippen molar-refractivity contribution in [2.45, 2.75) is 13.5 Å². The van der Waals surface area contributed by atoms with E-state index in [2.05, 4.69) is 4.98 Å². The zero-order chi connectivity index (χ0) is 13.1. The topological polar surface area (TPSA) is 48.1 Å². The maximum Gasteiger partial charge on any atom is 0.166 e. The Morgan fingerprint density at radius 3 is 2.83 bits per heavy atom. The molecule has 2 N–H and O–H groups in total. The summed E-state index contributed by atoms with van der Waals surface area (Å²) in [4.78, 5) is 4.06. The highest BCUT2D eigenvalue weighted by molar-refractivity contribution is 6.30. The predicted octanol–water partition coefficient (Wildman–Crippen LogP) is 3.34. The summed E-state index contributed by atoms with van der Waals surface area (Å²) in [5.41, 5.74) is 6.87. The maximum atomic E-state index is 13.5. The molecule has 0 aliphatic carbocycles. The van der Waals surface area contributed by atoms with Gasteiger partial charge in [-0.25, -0.2) is 9.37 Å². The van der Waals surface area contributed by atoms with Gasteiger partial charge in [-0.2, -0.15) is 0 Å². The van der Waals surface area contributed by atoms with Crippen molar-refractivity contribution in [2.24, 2.45) is 0 Å². The molecule has 94 valence electrons. The standard InChI is InChI=1S/C13H12ClFN2O/c1-8-2-5-12(13(16)17-8)18-7-9-6-10(14)3-4-11(9)15/h2-6H,7H2,1H3,(H2,16,17). The van der Waals surface area contributed by atoms with E-state index >= 15 is 0 Å². The molecule has 0 fully saturated rings. The van der Waals surface area contributed by atoms with Crippen LogP contribution in [0.3, 0.4) is 0 Å². The first-order valence-electron chi connectivity index (χ1n) is 5.36.